The lowest BCUT2D eigenvalue weighted by atomic mass is 9.95. The maximum absolute atomic E-state index is 12.9. The molecule has 2 aliphatic rings. The van der Waals surface area contributed by atoms with Crippen LogP contribution < -0.4 is 5.32 Å². The number of morpholine rings is 1. The molecule has 4 rings (SSSR count). The number of aromatic nitrogens is 1. The third-order valence-electron chi connectivity index (χ3n) is 5.68. The van der Waals surface area contributed by atoms with Gasteiger partial charge in [-0.05, 0) is 37.1 Å². The predicted molar refractivity (Wildman–Crippen MR) is 106 cm³/mol. The molecule has 1 amide bonds. The van der Waals surface area contributed by atoms with Crippen LogP contribution in [0.1, 0.15) is 36.0 Å². The minimum Gasteiger partial charge on any atom is -0.379 e. The molecule has 2 heterocycles. The van der Waals surface area contributed by atoms with Crippen molar-refractivity contribution in [3.8, 4) is 11.3 Å². The molecule has 0 atom stereocenters. The molecule has 142 valence electrons. The largest absolute Gasteiger partial charge is 0.379 e. The molecular formula is C22H27N3O2. The molecule has 5 heteroatoms. The predicted octanol–water partition coefficient (Wildman–Crippen LogP) is 3.12. The third kappa shape index (κ3) is 4.37. The summed E-state index contributed by atoms with van der Waals surface area (Å²) in [6.07, 6.45) is 6.27. The van der Waals surface area contributed by atoms with Gasteiger partial charge in [0.15, 0.2) is 0 Å². The van der Waals surface area contributed by atoms with Crippen molar-refractivity contribution in [3.63, 3.8) is 0 Å². The number of hydrogen-bond acceptors (Lipinski definition) is 4. The standard InChI is InChI=1S/C22H27N3O2/c26-21(19-8-6-18(7-9-19)20-5-1-4-12-23-20)24-22(10-2-3-11-22)17-25-13-15-27-16-14-25/h1,4-9,12H,2-3,10-11,13-17H2,(H,24,26). The smallest absolute Gasteiger partial charge is 0.251 e. The molecular weight excluding hydrogens is 338 g/mol. The number of pyridine rings is 1. The molecule has 1 N–H and O–H groups in total. The molecule has 1 saturated heterocycles. The van der Waals surface area contributed by atoms with E-state index in [4.69, 9.17) is 4.74 Å². The number of carbonyl (C=O) groups excluding carboxylic acids is 1. The van der Waals surface area contributed by atoms with Gasteiger partial charge in [0.2, 0.25) is 0 Å². The van der Waals surface area contributed by atoms with Gasteiger partial charge in [-0.2, -0.15) is 0 Å². The van der Waals surface area contributed by atoms with Gasteiger partial charge in [-0.3, -0.25) is 14.7 Å². The maximum atomic E-state index is 12.9. The van der Waals surface area contributed by atoms with Crippen molar-refractivity contribution in [2.45, 2.75) is 31.2 Å². The minimum absolute atomic E-state index is 0.0257. The Kier molecular flexibility index (Phi) is 5.50. The lowest BCUT2D eigenvalue weighted by Gasteiger charge is -2.37. The Balaban J connectivity index is 1.44. The average molecular weight is 365 g/mol. The lowest BCUT2D eigenvalue weighted by Crippen LogP contribution is -2.55. The fourth-order valence-electron chi connectivity index (χ4n) is 4.20. The van der Waals surface area contributed by atoms with Crippen LogP contribution in [0.2, 0.25) is 0 Å². The van der Waals surface area contributed by atoms with Crippen LogP contribution in [0.25, 0.3) is 11.3 Å². The number of benzene rings is 1. The van der Waals surface area contributed by atoms with E-state index < -0.39 is 0 Å². The monoisotopic (exact) mass is 365 g/mol. The van der Waals surface area contributed by atoms with E-state index in [1.54, 1.807) is 6.20 Å². The molecule has 1 aliphatic heterocycles. The van der Waals surface area contributed by atoms with Gasteiger partial charge in [0.05, 0.1) is 24.4 Å². The Morgan fingerprint density at radius 3 is 2.48 bits per heavy atom. The first-order valence-corrected chi connectivity index (χ1v) is 9.88. The zero-order valence-electron chi connectivity index (χ0n) is 15.7. The molecule has 0 radical (unpaired) electrons. The Morgan fingerprint density at radius 2 is 1.81 bits per heavy atom. The van der Waals surface area contributed by atoms with Gasteiger partial charge < -0.3 is 10.1 Å². The molecule has 1 saturated carbocycles. The van der Waals surface area contributed by atoms with Crippen LogP contribution in [-0.2, 0) is 4.74 Å². The second kappa shape index (κ2) is 8.19. The molecule has 2 fully saturated rings. The fraction of sp³-hybridized carbons (Fsp3) is 0.455. The second-order valence-electron chi connectivity index (χ2n) is 7.62. The van der Waals surface area contributed by atoms with Crippen molar-refractivity contribution in [2.75, 3.05) is 32.8 Å². The Labute approximate surface area is 160 Å². The van der Waals surface area contributed by atoms with Gasteiger partial charge in [-0.15, -0.1) is 0 Å². The van der Waals surface area contributed by atoms with Crippen molar-refractivity contribution in [1.82, 2.24) is 15.2 Å². The first-order chi connectivity index (χ1) is 13.2. The molecule has 1 aromatic heterocycles. The van der Waals surface area contributed by atoms with Crippen molar-refractivity contribution >= 4 is 5.91 Å². The van der Waals surface area contributed by atoms with Crippen molar-refractivity contribution in [1.29, 1.82) is 0 Å². The number of carbonyl (C=O) groups is 1. The molecule has 1 aliphatic carbocycles. The van der Waals surface area contributed by atoms with E-state index in [1.807, 2.05) is 42.5 Å². The highest BCUT2D eigenvalue weighted by atomic mass is 16.5. The summed E-state index contributed by atoms with van der Waals surface area (Å²) < 4.78 is 5.46. The van der Waals surface area contributed by atoms with Crippen molar-refractivity contribution in [2.24, 2.45) is 0 Å². The molecule has 0 spiro atoms. The van der Waals surface area contributed by atoms with Crippen LogP contribution in [0.15, 0.2) is 48.7 Å². The van der Waals surface area contributed by atoms with E-state index in [0.29, 0.717) is 5.56 Å². The summed E-state index contributed by atoms with van der Waals surface area (Å²) in [5.41, 5.74) is 2.55. The molecule has 5 nitrogen and oxygen atoms in total. The fourth-order valence-corrected chi connectivity index (χ4v) is 4.20. The van der Waals surface area contributed by atoms with E-state index in [9.17, 15) is 4.79 Å². The van der Waals surface area contributed by atoms with Gasteiger partial charge in [-0.1, -0.05) is 31.0 Å². The van der Waals surface area contributed by atoms with E-state index in [1.165, 1.54) is 12.8 Å². The maximum Gasteiger partial charge on any atom is 0.251 e. The Morgan fingerprint density at radius 1 is 1.07 bits per heavy atom. The highest BCUT2D eigenvalue weighted by Gasteiger charge is 2.37. The summed E-state index contributed by atoms with van der Waals surface area (Å²) in [6.45, 7) is 4.42. The summed E-state index contributed by atoms with van der Waals surface area (Å²) in [5, 5.41) is 3.38. The van der Waals surface area contributed by atoms with Gasteiger partial charge in [0, 0.05) is 37.0 Å². The third-order valence-corrected chi connectivity index (χ3v) is 5.68. The Hall–Kier alpha value is -2.24. The summed E-state index contributed by atoms with van der Waals surface area (Å²) in [5.74, 6) is 0.0257. The molecule has 1 aromatic carbocycles. The Bertz CT molecular complexity index is 749. The van der Waals surface area contributed by atoms with Crippen molar-refractivity contribution < 1.29 is 9.53 Å². The quantitative estimate of drug-likeness (QED) is 0.885. The molecule has 0 bridgehead atoms. The average Bonchev–Trinajstić information content (AvgIpc) is 3.17. The highest BCUT2D eigenvalue weighted by Crippen LogP contribution is 2.31. The van der Waals surface area contributed by atoms with E-state index in [2.05, 4.69) is 15.2 Å². The SMILES string of the molecule is O=C(NC1(CN2CCOCC2)CCCC1)c1ccc(-c2ccccn2)cc1. The zero-order chi connectivity index (χ0) is 18.5. The number of hydrogen-bond donors (Lipinski definition) is 1. The van der Waals surface area contributed by atoms with E-state index in [-0.39, 0.29) is 11.4 Å². The summed E-state index contributed by atoms with van der Waals surface area (Å²) in [4.78, 5) is 19.7. The van der Waals surface area contributed by atoms with Gasteiger partial charge in [0.1, 0.15) is 0 Å². The number of amides is 1. The molecule has 27 heavy (non-hydrogen) atoms. The number of nitrogens with one attached hydrogen (secondary N) is 1. The number of ether oxygens (including phenoxy) is 1. The van der Waals surface area contributed by atoms with E-state index in [0.717, 1.165) is 56.9 Å². The van der Waals surface area contributed by atoms with Crippen molar-refractivity contribution in [3.05, 3.63) is 54.2 Å². The van der Waals surface area contributed by atoms with Gasteiger partial charge in [0.25, 0.3) is 5.91 Å². The van der Waals surface area contributed by atoms with E-state index >= 15 is 0 Å². The first-order valence-electron chi connectivity index (χ1n) is 9.88. The van der Waals surface area contributed by atoms with Crippen LogP contribution >= 0.6 is 0 Å². The number of nitrogens with zero attached hydrogens (tertiary/aromatic N) is 2. The number of rotatable bonds is 5. The van der Waals surface area contributed by atoms with Crippen LogP contribution in [0, 0.1) is 0 Å². The summed E-state index contributed by atoms with van der Waals surface area (Å²) >= 11 is 0. The van der Waals surface area contributed by atoms with Crippen LogP contribution in [0.4, 0.5) is 0 Å². The van der Waals surface area contributed by atoms with Crippen LogP contribution in [-0.4, -0.2) is 54.2 Å². The lowest BCUT2D eigenvalue weighted by molar-refractivity contribution is 0.0238. The highest BCUT2D eigenvalue weighted by molar-refractivity contribution is 5.95. The zero-order valence-corrected chi connectivity index (χ0v) is 15.7. The summed E-state index contributed by atoms with van der Waals surface area (Å²) in [6, 6.07) is 13.6. The molecule has 2 aromatic rings. The van der Waals surface area contributed by atoms with Crippen LogP contribution in [0.3, 0.4) is 0 Å². The first kappa shape index (κ1) is 18.1. The summed E-state index contributed by atoms with van der Waals surface area (Å²) in [7, 11) is 0. The van der Waals surface area contributed by atoms with Gasteiger partial charge in [-0.25, -0.2) is 0 Å². The second-order valence-corrected chi connectivity index (χ2v) is 7.62. The van der Waals surface area contributed by atoms with Gasteiger partial charge >= 0.3 is 0 Å². The molecule has 0 unspecified atom stereocenters. The normalized spacial score (nSPS) is 19.7. The topological polar surface area (TPSA) is 54.5 Å². The minimum atomic E-state index is -0.103. The van der Waals surface area contributed by atoms with Crippen LogP contribution in [0.5, 0.6) is 0 Å².